The molecule has 0 spiro atoms. The SMILES string of the molecule is COCCc1nsc(Nc2ccc(OC)c(N3CCCCC3=O)c2)n1. The van der Waals surface area contributed by atoms with Gasteiger partial charge in [-0.25, -0.2) is 4.98 Å². The first-order valence-corrected chi connectivity index (χ1v) is 9.05. The van der Waals surface area contributed by atoms with Crippen LogP contribution in [-0.4, -0.2) is 42.6 Å². The van der Waals surface area contributed by atoms with E-state index in [0.717, 1.165) is 36.6 Å². The summed E-state index contributed by atoms with van der Waals surface area (Å²) in [7, 11) is 3.28. The highest BCUT2D eigenvalue weighted by molar-refractivity contribution is 7.09. The van der Waals surface area contributed by atoms with Crippen LogP contribution < -0.4 is 15.0 Å². The highest BCUT2D eigenvalue weighted by Gasteiger charge is 2.23. The fraction of sp³-hybridized carbons (Fsp3) is 0.471. The number of anilines is 3. The molecule has 8 heteroatoms. The maximum Gasteiger partial charge on any atom is 0.227 e. The Kier molecular flexibility index (Phi) is 5.83. The van der Waals surface area contributed by atoms with Crippen LogP contribution in [0.2, 0.25) is 0 Å². The van der Waals surface area contributed by atoms with Gasteiger partial charge < -0.3 is 19.7 Å². The second-order valence-electron chi connectivity index (χ2n) is 5.77. The van der Waals surface area contributed by atoms with E-state index in [2.05, 4.69) is 14.7 Å². The minimum Gasteiger partial charge on any atom is -0.495 e. The van der Waals surface area contributed by atoms with Crippen molar-refractivity contribution in [2.24, 2.45) is 0 Å². The molecule has 0 aliphatic carbocycles. The highest BCUT2D eigenvalue weighted by Crippen LogP contribution is 2.34. The molecule has 1 aliphatic rings. The number of hydrogen-bond acceptors (Lipinski definition) is 7. The predicted molar refractivity (Wildman–Crippen MR) is 98.0 cm³/mol. The number of nitrogens with one attached hydrogen (secondary N) is 1. The Bertz CT molecular complexity index is 734. The van der Waals surface area contributed by atoms with Crippen LogP contribution in [0.15, 0.2) is 18.2 Å². The van der Waals surface area contributed by atoms with Crippen molar-refractivity contribution in [1.29, 1.82) is 0 Å². The largest absolute Gasteiger partial charge is 0.495 e. The smallest absolute Gasteiger partial charge is 0.227 e. The van der Waals surface area contributed by atoms with E-state index in [9.17, 15) is 4.79 Å². The fourth-order valence-corrected chi connectivity index (χ4v) is 3.40. The number of piperidine rings is 1. The lowest BCUT2D eigenvalue weighted by Crippen LogP contribution is -2.35. The monoisotopic (exact) mass is 362 g/mol. The number of amides is 1. The normalized spacial score (nSPS) is 14.6. The second kappa shape index (κ2) is 8.26. The molecule has 0 bridgehead atoms. The van der Waals surface area contributed by atoms with Crippen molar-refractivity contribution in [3.8, 4) is 5.75 Å². The number of carbonyl (C=O) groups is 1. The van der Waals surface area contributed by atoms with E-state index < -0.39 is 0 Å². The molecule has 0 saturated carbocycles. The van der Waals surface area contributed by atoms with Crippen LogP contribution in [0.1, 0.15) is 25.1 Å². The first kappa shape index (κ1) is 17.6. The Morgan fingerprint density at radius 1 is 1.32 bits per heavy atom. The maximum atomic E-state index is 12.3. The number of aromatic nitrogens is 2. The molecule has 2 heterocycles. The standard InChI is InChI=1S/C17H22N4O3S/c1-23-10-8-15-19-17(25-20-15)18-12-6-7-14(24-2)13(11-12)21-9-4-3-5-16(21)22/h6-7,11H,3-5,8-10H2,1-2H3,(H,18,19,20). The van der Waals surface area contributed by atoms with Gasteiger partial charge in [-0.2, -0.15) is 4.37 Å². The zero-order valence-corrected chi connectivity index (χ0v) is 15.3. The molecule has 134 valence electrons. The van der Waals surface area contributed by atoms with E-state index in [1.165, 1.54) is 11.5 Å². The van der Waals surface area contributed by atoms with Gasteiger partial charge in [0.05, 0.1) is 19.4 Å². The van der Waals surface area contributed by atoms with E-state index in [4.69, 9.17) is 9.47 Å². The van der Waals surface area contributed by atoms with Gasteiger partial charge in [-0.1, -0.05) is 0 Å². The third-order valence-corrected chi connectivity index (χ3v) is 4.71. The molecule has 25 heavy (non-hydrogen) atoms. The summed E-state index contributed by atoms with van der Waals surface area (Å²) >= 11 is 1.31. The first-order valence-electron chi connectivity index (χ1n) is 8.28. The van der Waals surface area contributed by atoms with E-state index in [-0.39, 0.29) is 5.91 Å². The third-order valence-electron chi connectivity index (χ3n) is 4.04. The molecule has 1 aliphatic heterocycles. The van der Waals surface area contributed by atoms with Gasteiger partial charge in [0.15, 0.2) is 0 Å². The van der Waals surface area contributed by atoms with Crippen LogP contribution >= 0.6 is 11.5 Å². The van der Waals surface area contributed by atoms with Gasteiger partial charge in [-0.15, -0.1) is 0 Å². The summed E-state index contributed by atoms with van der Waals surface area (Å²) in [6.07, 6.45) is 3.22. The Balaban J connectivity index is 1.79. The van der Waals surface area contributed by atoms with E-state index in [1.54, 1.807) is 19.1 Å². The molecule has 0 unspecified atom stereocenters. The number of nitrogens with zero attached hydrogens (tertiary/aromatic N) is 3. The molecule has 2 aromatic rings. The fourth-order valence-electron chi connectivity index (χ4n) is 2.76. The molecule has 0 atom stereocenters. The van der Waals surface area contributed by atoms with Crippen molar-refractivity contribution in [3.63, 3.8) is 0 Å². The minimum atomic E-state index is 0.138. The van der Waals surface area contributed by atoms with Crippen molar-refractivity contribution >= 4 is 33.9 Å². The van der Waals surface area contributed by atoms with Crippen LogP contribution in [0.3, 0.4) is 0 Å². The Labute approximate surface area is 151 Å². The number of methoxy groups -OCH3 is 2. The third kappa shape index (κ3) is 4.26. The molecule has 1 amide bonds. The van der Waals surface area contributed by atoms with Crippen LogP contribution in [0.25, 0.3) is 0 Å². The zero-order valence-electron chi connectivity index (χ0n) is 14.4. The molecule has 3 rings (SSSR count). The molecule has 1 aromatic carbocycles. The molecule has 7 nitrogen and oxygen atoms in total. The van der Waals surface area contributed by atoms with Crippen LogP contribution in [-0.2, 0) is 16.0 Å². The Morgan fingerprint density at radius 2 is 2.20 bits per heavy atom. The van der Waals surface area contributed by atoms with Crippen molar-refractivity contribution in [2.45, 2.75) is 25.7 Å². The highest BCUT2D eigenvalue weighted by atomic mass is 32.1. The molecule has 1 aromatic heterocycles. The average Bonchev–Trinajstić information content (AvgIpc) is 3.07. The lowest BCUT2D eigenvalue weighted by atomic mass is 10.1. The van der Waals surface area contributed by atoms with Gasteiger partial charge in [0.25, 0.3) is 0 Å². The van der Waals surface area contributed by atoms with Crippen LogP contribution in [0, 0.1) is 0 Å². The lowest BCUT2D eigenvalue weighted by Gasteiger charge is -2.28. The summed E-state index contributed by atoms with van der Waals surface area (Å²) in [5.41, 5.74) is 1.64. The van der Waals surface area contributed by atoms with Crippen molar-refractivity contribution < 1.29 is 14.3 Å². The molecular weight excluding hydrogens is 340 g/mol. The maximum absolute atomic E-state index is 12.3. The first-order chi connectivity index (χ1) is 12.2. The van der Waals surface area contributed by atoms with Gasteiger partial charge in [0, 0.05) is 43.7 Å². The Morgan fingerprint density at radius 3 is 2.96 bits per heavy atom. The molecule has 1 saturated heterocycles. The van der Waals surface area contributed by atoms with E-state index >= 15 is 0 Å². The molecule has 0 radical (unpaired) electrons. The summed E-state index contributed by atoms with van der Waals surface area (Å²) < 4.78 is 14.8. The van der Waals surface area contributed by atoms with Crippen molar-refractivity contribution in [1.82, 2.24) is 9.36 Å². The predicted octanol–water partition coefficient (Wildman–Crippen LogP) is 3.00. The van der Waals surface area contributed by atoms with Crippen molar-refractivity contribution in [3.05, 3.63) is 24.0 Å². The number of rotatable bonds is 7. The van der Waals surface area contributed by atoms with E-state index in [1.807, 2.05) is 18.2 Å². The quantitative estimate of drug-likeness (QED) is 0.816. The number of hydrogen-bond donors (Lipinski definition) is 1. The number of ether oxygens (including phenoxy) is 2. The van der Waals surface area contributed by atoms with Gasteiger partial charge >= 0.3 is 0 Å². The molecular formula is C17H22N4O3S. The molecule has 1 N–H and O–H groups in total. The summed E-state index contributed by atoms with van der Waals surface area (Å²) in [6.45, 7) is 1.32. The summed E-state index contributed by atoms with van der Waals surface area (Å²) in [5.74, 6) is 1.59. The summed E-state index contributed by atoms with van der Waals surface area (Å²) in [4.78, 5) is 18.5. The number of benzene rings is 1. The number of carbonyl (C=O) groups excluding carboxylic acids is 1. The minimum absolute atomic E-state index is 0.138. The van der Waals surface area contributed by atoms with Gasteiger partial charge in [-0.05, 0) is 31.0 Å². The lowest BCUT2D eigenvalue weighted by molar-refractivity contribution is -0.119. The molecule has 1 fully saturated rings. The summed E-state index contributed by atoms with van der Waals surface area (Å²) in [6, 6.07) is 5.71. The van der Waals surface area contributed by atoms with Gasteiger partial charge in [0.1, 0.15) is 11.6 Å². The van der Waals surface area contributed by atoms with Crippen molar-refractivity contribution in [2.75, 3.05) is 37.6 Å². The summed E-state index contributed by atoms with van der Waals surface area (Å²) in [5, 5.41) is 3.97. The van der Waals surface area contributed by atoms with Gasteiger partial charge in [0.2, 0.25) is 11.0 Å². The topological polar surface area (TPSA) is 76.6 Å². The van der Waals surface area contributed by atoms with E-state index in [0.29, 0.717) is 30.3 Å². The average molecular weight is 362 g/mol. The van der Waals surface area contributed by atoms with Gasteiger partial charge in [-0.3, -0.25) is 4.79 Å². The second-order valence-corrected chi connectivity index (χ2v) is 6.52. The van der Waals surface area contributed by atoms with Crippen LogP contribution in [0.4, 0.5) is 16.5 Å². The Hall–Kier alpha value is -2.19. The van der Waals surface area contributed by atoms with Crippen LogP contribution in [0.5, 0.6) is 5.75 Å². The zero-order chi connectivity index (χ0) is 17.6.